The van der Waals surface area contributed by atoms with Crippen LogP contribution in [0.1, 0.15) is 88.8 Å². The minimum absolute atomic E-state index is 0.0140. The van der Waals surface area contributed by atoms with Gasteiger partial charge in [0.1, 0.15) is 0 Å². The maximum absolute atomic E-state index is 13.4. The highest BCUT2D eigenvalue weighted by Crippen LogP contribution is 2.39. The third-order valence-electron chi connectivity index (χ3n) is 6.25. The molecular formula is C29H41NO5. The molecule has 6 heteroatoms. The lowest BCUT2D eigenvalue weighted by Crippen LogP contribution is -2.21. The van der Waals surface area contributed by atoms with Gasteiger partial charge in [0.2, 0.25) is 5.91 Å². The van der Waals surface area contributed by atoms with E-state index in [1.165, 1.54) is 0 Å². The molecule has 0 aliphatic carbocycles. The van der Waals surface area contributed by atoms with Gasteiger partial charge in [0.05, 0.1) is 14.2 Å². The number of hydrogen-bond donors (Lipinski definition) is 2. The van der Waals surface area contributed by atoms with E-state index in [-0.39, 0.29) is 23.7 Å². The van der Waals surface area contributed by atoms with Gasteiger partial charge in [0.15, 0.2) is 11.5 Å². The molecule has 0 spiro atoms. The van der Waals surface area contributed by atoms with Crippen molar-refractivity contribution in [3.8, 4) is 11.5 Å². The quantitative estimate of drug-likeness (QED) is 0.309. The van der Waals surface area contributed by atoms with E-state index in [9.17, 15) is 9.59 Å². The van der Waals surface area contributed by atoms with Crippen molar-refractivity contribution in [3.05, 3.63) is 53.1 Å². The van der Waals surface area contributed by atoms with E-state index in [1.807, 2.05) is 36.4 Å². The Morgan fingerprint density at radius 2 is 1.80 bits per heavy atom. The van der Waals surface area contributed by atoms with Crippen molar-refractivity contribution in [1.82, 2.24) is 0 Å². The van der Waals surface area contributed by atoms with Gasteiger partial charge in [0.25, 0.3) is 0 Å². The molecule has 0 aliphatic rings. The van der Waals surface area contributed by atoms with Crippen LogP contribution >= 0.6 is 0 Å². The highest BCUT2D eigenvalue weighted by atomic mass is 16.5. The monoisotopic (exact) mass is 483 g/mol. The predicted molar refractivity (Wildman–Crippen MR) is 141 cm³/mol. The molecular weight excluding hydrogens is 442 g/mol. The smallest absolute Gasteiger partial charge is 0.303 e. The lowest BCUT2D eigenvalue weighted by molar-refractivity contribution is -0.137. The number of carboxylic acids is 1. The lowest BCUT2D eigenvalue weighted by Gasteiger charge is -2.25. The Balaban J connectivity index is 2.33. The van der Waals surface area contributed by atoms with Gasteiger partial charge in [-0.25, -0.2) is 0 Å². The first-order valence-electron chi connectivity index (χ1n) is 12.5. The number of aryl methyl sites for hydroxylation is 1. The number of rotatable bonds is 13. The van der Waals surface area contributed by atoms with Crippen LogP contribution in [0.2, 0.25) is 0 Å². The minimum atomic E-state index is -0.836. The number of carbonyl (C=O) groups is 2. The van der Waals surface area contributed by atoms with Crippen molar-refractivity contribution in [2.24, 2.45) is 0 Å². The molecule has 192 valence electrons. The number of hydrogen-bond acceptors (Lipinski definition) is 4. The molecule has 0 radical (unpaired) electrons. The number of aliphatic carboxylic acids is 1. The lowest BCUT2D eigenvalue weighted by atomic mass is 9.84. The Morgan fingerprint density at radius 1 is 1.06 bits per heavy atom. The predicted octanol–water partition coefficient (Wildman–Crippen LogP) is 6.71. The van der Waals surface area contributed by atoms with Gasteiger partial charge in [-0.1, -0.05) is 71.2 Å². The van der Waals surface area contributed by atoms with Crippen LogP contribution in [0.15, 0.2) is 36.4 Å². The van der Waals surface area contributed by atoms with Crippen molar-refractivity contribution in [3.63, 3.8) is 0 Å². The second-order valence-corrected chi connectivity index (χ2v) is 10.1. The minimum Gasteiger partial charge on any atom is -0.493 e. The van der Waals surface area contributed by atoms with Gasteiger partial charge in [-0.2, -0.15) is 0 Å². The van der Waals surface area contributed by atoms with Gasteiger partial charge in [-0.15, -0.1) is 0 Å². The summed E-state index contributed by atoms with van der Waals surface area (Å²) < 4.78 is 11.2. The van der Waals surface area contributed by atoms with E-state index in [2.05, 4.69) is 33.0 Å². The van der Waals surface area contributed by atoms with Crippen LogP contribution in [0.25, 0.3) is 0 Å². The molecule has 0 aliphatic heterocycles. The van der Waals surface area contributed by atoms with Gasteiger partial charge in [-0.3, -0.25) is 9.59 Å². The average Bonchev–Trinajstić information content (AvgIpc) is 2.80. The number of carboxylic acid groups (broad SMARTS) is 1. The maximum Gasteiger partial charge on any atom is 0.303 e. The number of ether oxygens (including phenoxy) is 2. The van der Waals surface area contributed by atoms with Crippen LogP contribution in [-0.2, 0) is 21.4 Å². The van der Waals surface area contributed by atoms with E-state index < -0.39 is 5.97 Å². The van der Waals surface area contributed by atoms with E-state index in [4.69, 9.17) is 14.6 Å². The molecule has 35 heavy (non-hydrogen) atoms. The van der Waals surface area contributed by atoms with Crippen molar-refractivity contribution in [1.29, 1.82) is 0 Å². The topological polar surface area (TPSA) is 84.9 Å². The molecule has 2 aromatic rings. The fourth-order valence-electron chi connectivity index (χ4n) is 4.42. The van der Waals surface area contributed by atoms with Crippen molar-refractivity contribution in [2.45, 2.75) is 84.0 Å². The summed E-state index contributed by atoms with van der Waals surface area (Å²) in [6.07, 6.45) is 4.88. The molecule has 2 aromatic carbocycles. The SMILES string of the molecule is CCCCCC(CC(=O)Nc1cc(CCC(=O)O)ccc1C(C)(C)C)c1cccc(OC)c1OC. The van der Waals surface area contributed by atoms with Crippen LogP contribution in [-0.4, -0.2) is 31.2 Å². The van der Waals surface area contributed by atoms with Crippen molar-refractivity contribution in [2.75, 3.05) is 19.5 Å². The largest absolute Gasteiger partial charge is 0.493 e. The third-order valence-corrected chi connectivity index (χ3v) is 6.25. The van der Waals surface area contributed by atoms with Gasteiger partial charge in [0, 0.05) is 24.1 Å². The summed E-state index contributed by atoms with van der Waals surface area (Å²) in [6, 6.07) is 11.7. The Bertz CT molecular complexity index is 993. The standard InChI is InChI=1S/C29H41NO5/c1-7-8-9-11-21(22-12-10-13-25(34-5)28(22)35-6)19-26(31)30-24-18-20(15-17-27(32)33)14-16-23(24)29(2,3)4/h10,12-14,16,18,21H,7-9,11,15,17,19H2,1-6H3,(H,30,31)(H,32,33). The first-order chi connectivity index (χ1) is 16.6. The highest BCUT2D eigenvalue weighted by molar-refractivity contribution is 5.92. The molecule has 2 N–H and O–H groups in total. The Labute approximate surface area is 210 Å². The van der Waals surface area contributed by atoms with Gasteiger partial charge < -0.3 is 19.9 Å². The summed E-state index contributed by atoms with van der Waals surface area (Å²) >= 11 is 0. The van der Waals surface area contributed by atoms with E-state index in [1.54, 1.807) is 14.2 Å². The second kappa shape index (κ2) is 13.2. The molecule has 0 fully saturated rings. The number of anilines is 1. The zero-order valence-electron chi connectivity index (χ0n) is 22.1. The molecule has 0 saturated carbocycles. The maximum atomic E-state index is 13.4. The molecule has 2 rings (SSSR count). The van der Waals surface area contributed by atoms with Crippen LogP contribution in [0.3, 0.4) is 0 Å². The Hall–Kier alpha value is -3.02. The highest BCUT2D eigenvalue weighted by Gasteiger charge is 2.24. The first-order valence-corrected chi connectivity index (χ1v) is 12.5. The van der Waals surface area contributed by atoms with E-state index in [0.29, 0.717) is 24.3 Å². The summed E-state index contributed by atoms with van der Waals surface area (Å²) in [7, 11) is 3.24. The summed E-state index contributed by atoms with van der Waals surface area (Å²) in [5.74, 6) is 0.414. The van der Waals surface area contributed by atoms with E-state index >= 15 is 0 Å². The average molecular weight is 484 g/mol. The zero-order chi connectivity index (χ0) is 26.0. The summed E-state index contributed by atoms with van der Waals surface area (Å²) in [5, 5.41) is 12.2. The third kappa shape index (κ3) is 8.30. The molecule has 1 amide bonds. The molecule has 0 aromatic heterocycles. The molecule has 1 unspecified atom stereocenters. The Morgan fingerprint density at radius 3 is 2.40 bits per heavy atom. The van der Waals surface area contributed by atoms with E-state index in [0.717, 1.165) is 48.1 Å². The van der Waals surface area contributed by atoms with Crippen molar-refractivity contribution >= 4 is 17.6 Å². The molecule has 6 nitrogen and oxygen atoms in total. The normalized spacial score (nSPS) is 12.2. The fraction of sp³-hybridized carbons (Fsp3) is 0.517. The molecule has 1 atom stereocenters. The number of benzene rings is 2. The number of nitrogens with one attached hydrogen (secondary N) is 1. The number of amides is 1. The molecule has 0 heterocycles. The zero-order valence-corrected chi connectivity index (χ0v) is 22.1. The fourth-order valence-corrected chi connectivity index (χ4v) is 4.42. The van der Waals surface area contributed by atoms with Crippen molar-refractivity contribution < 1.29 is 24.2 Å². The number of carbonyl (C=O) groups excluding carboxylic acids is 1. The van der Waals surface area contributed by atoms with Crippen LogP contribution < -0.4 is 14.8 Å². The van der Waals surface area contributed by atoms with Gasteiger partial charge >= 0.3 is 5.97 Å². The summed E-state index contributed by atoms with van der Waals surface area (Å²) in [6.45, 7) is 8.47. The number of para-hydroxylation sites is 1. The number of methoxy groups -OCH3 is 2. The van der Waals surface area contributed by atoms with Crippen LogP contribution in [0.5, 0.6) is 11.5 Å². The van der Waals surface area contributed by atoms with Crippen LogP contribution in [0, 0.1) is 0 Å². The molecule has 0 bridgehead atoms. The first kappa shape index (κ1) is 28.2. The number of unbranched alkanes of at least 4 members (excludes halogenated alkanes) is 2. The summed E-state index contributed by atoms with van der Waals surface area (Å²) in [5.41, 5.74) is 3.46. The van der Waals surface area contributed by atoms with Crippen LogP contribution in [0.4, 0.5) is 5.69 Å². The molecule has 0 saturated heterocycles. The Kier molecular flexibility index (Phi) is 10.6. The van der Waals surface area contributed by atoms with Gasteiger partial charge in [-0.05, 0) is 47.4 Å². The summed E-state index contributed by atoms with van der Waals surface area (Å²) in [4.78, 5) is 24.4. The second-order valence-electron chi connectivity index (χ2n) is 10.1.